The van der Waals surface area contributed by atoms with Crippen molar-refractivity contribution in [1.29, 1.82) is 0 Å². The molecule has 1 aromatic heterocycles. The monoisotopic (exact) mass is 342 g/mol. The molecule has 0 spiro atoms. The summed E-state index contributed by atoms with van der Waals surface area (Å²) >= 11 is 9.27. The predicted molar refractivity (Wildman–Crippen MR) is 81.6 cm³/mol. The maximum Gasteiger partial charge on any atom is 0.229 e. The molecule has 94 valence electrons. The molecule has 0 saturated carbocycles. The van der Waals surface area contributed by atoms with Crippen LogP contribution in [-0.4, -0.2) is 23.2 Å². The number of anilines is 1. The lowest BCUT2D eigenvalue weighted by molar-refractivity contribution is -0.117. The minimum atomic E-state index is 0.159. The molecular formula is C12H11BrN2OS2. The van der Waals surface area contributed by atoms with Gasteiger partial charge in [0.05, 0.1) is 10.2 Å². The van der Waals surface area contributed by atoms with Crippen LogP contribution in [0.1, 0.15) is 6.42 Å². The quantitative estimate of drug-likeness (QED) is 0.849. The molecule has 18 heavy (non-hydrogen) atoms. The summed E-state index contributed by atoms with van der Waals surface area (Å²) in [6.45, 7) is 0.739. The highest BCUT2D eigenvalue weighted by Crippen LogP contribution is 2.33. The minimum Gasteiger partial charge on any atom is -0.288 e. The largest absolute Gasteiger partial charge is 0.288 e. The van der Waals surface area contributed by atoms with Crippen molar-refractivity contribution >= 4 is 61.2 Å². The van der Waals surface area contributed by atoms with Crippen LogP contribution >= 0.6 is 39.9 Å². The smallest absolute Gasteiger partial charge is 0.229 e. The first-order valence-electron chi connectivity index (χ1n) is 5.64. The number of aromatic nitrogens is 1. The summed E-state index contributed by atoms with van der Waals surface area (Å²) in [5.74, 6) is 1.25. The van der Waals surface area contributed by atoms with E-state index < -0.39 is 0 Å². The lowest BCUT2D eigenvalue weighted by Crippen LogP contribution is -2.24. The Kier molecular flexibility index (Phi) is 3.34. The van der Waals surface area contributed by atoms with Crippen LogP contribution in [0.25, 0.3) is 10.2 Å². The average molecular weight is 343 g/mol. The van der Waals surface area contributed by atoms with Crippen LogP contribution in [0, 0.1) is 5.92 Å². The highest BCUT2D eigenvalue weighted by molar-refractivity contribution is 9.10. The topological polar surface area (TPSA) is 33.2 Å². The molecule has 2 heterocycles. The third-order valence-corrected chi connectivity index (χ3v) is 5.10. The van der Waals surface area contributed by atoms with Gasteiger partial charge in [-0.3, -0.25) is 9.69 Å². The van der Waals surface area contributed by atoms with E-state index in [1.165, 1.54) is 0 Å². The lowest BCUT2D eigenvalue weighted by atomic mass is 10.1. The summed E-state index contributed by atoms with van der Waals surface area (Å²) in [5.41, 5.74) is 0.937. The van der Waals surface area contributed by atoms with Gasteiger partial charge < -0.3 is 0 Å². The number of hydrogen-bond donors (Lipinski definition) is 1. The molecule has 2 aromatic rings. The zero-order valence-corrected chi connectivity index (χ0v) is 12.8. The van der Waals surface area contributed by atoms with E-state index in [0.717, 1.165) is 32.1 Å². The summed E-state index contributed by atoms with van der Waals surface area (Å²) in [6, 6.07) is 6.00. The van der Waals surface area contributed by atoms with E-state index in [9.17, 15) is 4.79 Å². The Labute approximate surface area is 123 Å². The number of rotatable bonds is 2. The molecule has 1 unspecified atom stereocenters. The number of carbonyl (C=O) groups excluding carboxylic acids is 1. The molecule has 1 aliphatic rings. The number of fused-ring (bicyclic) bond motifs is 1. The van der Waals surface area contributed by atoms with E-state index in [-0.39, 0.29) is 5.91 Å². The maximum atomic E-state index is 11.9. The molecule has 1 aliphatic heterocycles. The number of carbonyl (C=O) groups is 1. The second-order valence-electron chi connectivity index (χ2n) is 4.37. The third kappa shape index (κ3) is 2.17. The van der Waals surface area contributed by atoms with Crippen molar-refractivity contribution in [1.82, 2.24) is 4.98 Å². The van der Waals surface area contributed by atoms with Crippen molar-refractivity contribution in [2.75, 3.05) is 17.2 Å². The van der Waals surface area contributed by atoms with Crippen molar-refractivity contribution < 1.29 is 4.79 Å². The number of thiazole rings is 1. The second-order valence-corrected chi connectivity index (χ2v) is 6.66. The summed E-state index contributed by atoms with van der Waals surface area (Å²) in [7, 11) is 0. The first kappa shape index (κ1) is 12.4. The molecule has 3 nitrogen and oxygen atoms in total. The van der Waals surface area contributed by atoms with Crippen LogP contribution in [0.3, 0.4) is 0 Å². The molecule has 0 radical (unpaired) electrons. The number of benzene rings is 1. The van der Waals surface area contributed by atoms with Gasteiger partial charge in [-0.15, -0.1) is 0 Å². The van der Waals surface area contributed by atoms with Gasteiger partial charge in [0.1, 0.15) is 0 Å². The lowest BCUT2D eigenvalue weighted by Gasteiger charge is -2.11. The summed E-state index contributed by atoms with van der Waals surface area (Å²) in [4.78, 5) is 18.3. The van der Waals surface area contributed by atoms with Crippen LogP contribution in [0.15, 0.2) is 22.7 Å². The standard InChI is InChI=1S/C12H11BrN2OS2/c13-8-1-2-10-9(4-8)14-12(18-10)15-5-7(6-17)3-11(15)16/h1-2,4,7,17H,3,5-6H2. The molecule has 1 saturated heterocycles. The number of halogens is 1. The normalized spacial score (nSPS) is 20.0. The molecular weight excluding hydrogens is 332 g/mol. The molecule has 1 fully saturated rings. The Balaban J connectivity index is 1.97. The molecule has 0 N–H and O–H groups in total. The van der Waals surface area contributed by atoms with Crippen molar-refractivity contribution in [3.8, 4) is 0 Å². The number of amides is 1. The second kappa shape index (κ2) is 4.83. The van der Waals surface area contributed by atoms with Gasteiger partial charge in [-0.2, -0.15) is 12.6 Å². The molecule has 1 amide bonds. The molecule has 1 aromatic carbocycles. The summed E-state index contributed by atoms with van der Waals surface area (Å²) in [6.07, 6.45) is 0.586. The first-order valence-corrected chi connectivity index (χ1v) is 7.89. The van der Waals surface area contributed by atoms with Gasteiger partial charge >= 0.3 is 0 Å². The summed E-state index contributed by atoms with van der Waals surface area (Å²) in [5, 5.41) is 0.803. The zero-order chi connectivity index (χ0) is 12.7. The fourth-order valence-electron chi connectivity index (χ4n) is 2.09. The summed E-state index contributed by atoms with van der Waals surface area (Å²) < 4.78 is 2.11. The van der Waals surface area contributed by atoms with Crippen molar-refractivity contribution in [2.24, 2.45) is 5.92 Å². The third-order valence-electron chi connectivity index (χ3n) is 3.03. The molecule has 1 atom stereocenters. The fraction of sp³-hybridized carbons (Fsp3) is 0.333. The van der Waals surface area contributed by atoms with Crippen molar-refractivity contribution in [2.45, 2.75) is 6.42 Å². The van der Waals surface area contributed by atoms with E-state index >= 15 is 0 Å². The molecule has 0 bridgehead atoms. The van der Waals surface area contributed by atoms with Gasteiger partial charge in [-0.25, -0.2) is 4.98 Å². The molecule has 0 aliphatic carbocycles. The predicted octanol–water partition coefficient (Wildman–Crippen LogP) is 3.34. The van der Waals surface area contributed by atoms with E-state index in [1.54, 1.807) is 16.2 Å². The molecule has 3 rings (SSSR count). The van der Waals surface area contributed by atoms with Gasteiger partial charge in [0.15, 0.2) is 5.13 Å². The van der Waals surface area contributed by atoms with Crippen LogP contribution in [0.4, 0.5) is 5.13 Å². The van der Waals surface area contributed by atoms with Crippen molar-refractivity contribution in [3.63, 3.8) is 0 Å². The van der Waals surface area contributed by atoms with Crippen LogP contribution in [0.5, 0.6) is 0 Å². The fourth-order valence-corrected chi connectivity index (χ4v) is 3.66. The van der Waals surface area contributed by atoms with Gasteiger partial charge in [-0.05, 0) is 29.9 Å². The zero-order valence-electron chi connectivity index (χ0n) is 9.47. The average Bonchev–Trinajstić information content (AvgIpc) is 2.91. The minimum absolute atomic E-state index is 0.159. The highest BCUT2D eigenvalue weighted by Gasteiger charge is 2.31. The van der Waals surface area contributed by atoms with Crippen molar-refractivity contribution in [3.05, 3.63) is 22.7 Å². The van der Waals surface area contributed by atoms with Crippen LogP contribution < -0.4 is 4.90 Å². The first-order chi connectivity index (χ1) is 8.67. The highest BCUT2D eigenvalue weighted by atomic mass is 79.9. The Morgan fingerprint density at radius 2 is 2.39 bits per heavy atom. The SMILES string of the molecule is O=C1CC(CS)CN1c1nc2cc(Br)ccc2s1. The number of hydrogen-bond acceptors (Lipinski definition) is 4. The Morgan fingerprint density at radius 3 is 3.11 bits per heavy atom. The van der Waals surface area contributed by atoms with Crippen LogP contribution in [-0.2, 0) is 4.79 Å². The number of thiol groups is 1. The number of nitrogens with zero attached hydrogens (tertiary/aromatic N) is 2. The van der Waals surface area contributed by atoms with E-state index in [4.69, 9.17) is 0 Å². The molecule has 6 heteroatoms. The van der Waals surface area contributed by atoms with E-state index in [2.05, 4.69) is 33.5 Å². The van der Waals surface area contributed by atoms with Gasteiger partial charge in [0.25, 0.3) is 0 Å². The van der Waals surface area contributed by atoms with Gasteiger partial charge in [0, 0.05) is 17.4 Å². The Hall–Kier alpha value is -0.590. The van der Waals surface area contributed by atoms with Gasteiger partial charge in [-0.1, -0.05) is 27.3 Å². The Bertz CT molecular complexity index is 613. The Morgan fingerprint density at radius 1 is 1.56 bits per heavy atom. The van der Waals surface area contributed by atoms with E-state index in [1.807, 2.05) is 18.2 Å². The van der Waals surface area contributed by atoms with E-state index in [0.29, 0.717) is 12.3 Å². The van der Waals surface area contributed by atoms with Crippen LogP contribution in [0.2, 0.25) is 0 Å². The van der Waals surface area contributed by atoms with Gasteiger partial charge in [0.2, 0.25) is 5.91 Å². The maximum absolute atomic E-state index is 11.9.